The first-order chi connectivity index (χ1) is 8.54. The van der Waals surface area contributed by atoms with E-state index in [-0.39, 0.29) is 5.41 Å². The number of hydrogen-bond donors (Lipinski definition) is 0. The molecule has 18 heavy (non-hydrogen) atoms. The molecule has 0 heteroatoms. The van der Waals surface area contributed by atoms with Gasteiger partial charge in [0, 0.05) is 0 Å². The Morgan fingerprint density at radius 1 is 1.22 bits per heavy atom. The Hall–Kier alpha value is -1.30. The molecule has 0 aliphatic rings. The van der Waals surface area contributed by atoms with Gasteiger partial charge in [0.25, 0.3) is 0 Å². The molecule has 0 saturated carbocycles. The van der Waals surface area contributed by atoms with Crippen LogP contribution in [0, 0.1) is 5.92 Å². The van der Waals surface area contributed by atoms with Crippen molar-refractivity contribution in [3.05, 3.63) is 60.2 Å². The minimum atomic E-state index is 0.137. The lowest BCUT2D eigenvalue weighted by Crippen LogP contribution is -2.26. The highest BCUT2D eigenvalue weighted by molar-refractivity contribution is 5.36. The zero-order valence-electron chi connectivity index (χ0n) is 12.2. The van der Waals surface area contributed by atoms with Crippen LogP contribution in [0.3, 0.4) is 0 Å². The van der Waals surface area contributed by atoms with Gasteiger partial charge in [-0.1, -0.05) is 70.2 Å². The maximum atomic E-state index is 3.94. The first-order valence-corrected chi connectivity index (χ1v) is 6.90. The van der Waals surface area contributed by atoms with Gasteiger partial charge in [-0.15, -0.1) is 6.58 Å². The molecule has 1 atom stereocenters. The SMILES string of the molecule is C=CC(C)C(C)(C)c1ccccc1C/C=C\CC. The van der Waals surface area contributed by atoms with E-state index in [2.05, 4.69) is 76.8 Å². The third kappa shape index (κ3) is 3.35. The van der Waals surface area contributed by atoms with Crippen molar-refractivity contribution in [3.63, 3.8) is 0 Å². The van der Waals surface area contributed by atoms with Crippen molar-refractivity contribution in [2.24, 2.45) is 5.92 Å². The lowest BCUT2D eigenvalue weighted by Gasteiger charge is -2.32. The molecule has 0 bridgehead atoms. The molecule has 98 valence electrons. The highest BCUT2D eigenvalue weighted by Gasteiger charge is 2.27. The van der Waals surface area contributed by atoms with E-state index in [1.165, 1.54) is 11.1 Å². The van der Waals surface area contributed by atoms with Crippen LogP contribution >= 0.6 is 0 Å². The van der Waals surface area contributed by atoms with Crippen molar-refractivity contribution in [1.82, 2.24) is 0 Å². The Morgan fingerprint density at radius 3 is 2.50 bits per heavy atom. The number of allylic oxidation sites excluding steroid dienone is 3. The van der Waals surface area contributed by atoms with Crippen molar-refractivity contribution >= 4 is 0 Å². The largest absolute Gasteiger partial charge is 0.103 e. The van der Waals surface area contributed by atoms with E-state index in [1.807, 2.05) is 0 Å². The van der Waals surface area contributed by atoms with Crippen molar-refractivity contribution in [2.45, 2.75) is 46.0 Å². The van der Waals surface area contributed by atoms with Gasteiger partial charge in [0.15, 0.2) is 0 Å². The van der Waals surface area contributed by atoms with Crippen LogP contribution in [-0.2, 0) is 11.8 Å². The van der Waals surface area contributed by atoms with Gasteiger partial charge in [-0.25, -0.2) is 0 Å². The van der Waals surface area contributed by atoms with Crippen LogP contribution in [-0.4, -0.2) is 0 Å². The second kappa shape index (κ2) is 6.58. The minimum absolute atomic E-state index is 0.137. The Morgan fingerprint density at radius 2 is 1.89 bits per heavy atom. The number of benzene rings is 1. The van der Waals surface area contributed by atoms with E-state index in [0.717, 1.165) is 12.8 Å². The van der Waals surface area contributed by atoms with E-state index in [1.54, 1.807) is 0 Å². The topological polar surface area (TPSA) is 0 Å². The van der Waals surface area contributed by atoms with Gasteiger partial charge in [-0.2, -0.15) is 0 Å². The van der Waals surface area contributed by atoms with E-state index in [9.17, 15) is 0 Å². The summed E-state index contributed by atoms with van der Waals surface area (Å²) >= 11 is 0. The highest BCUT2D eigenvalue weighted by atomic mass is 14.3. The molecule has 1 aromatic carbocycles. The zero-order chi connectivity index (χ0) is 13.6. The van der Waals surface area contributed by atoms with Gasteiger partial charge < -0.3 is 0 Å². The Balaban J connectivity index is 3.08. The van der Waals surface area contributed by atoms with Crippen LogP contribution in [0.2, 0.25) is 0 Å². The molecule has 0 amide bonds. The molecule has 0 aliphatic carbocycles. The average molecular weight is 242 g/mol. The molecule has 1 unspecified atom stereocenters. The quantitative estimate of drug-likeness (QED) is 0.594. The summed E-state index contributed by atoms with van der Waals surface area (Å²) in [5.41, 5.74) is 3.01. The Kier molecular flexibility index (Phi) is 5.40. The number of hydrogen-bond acceptors (Lipinski definition) is 0. The summed E-state index contributed by atoms with van der Waals surface area (Å²) in [6, 6.07) is 8.77. The Bertz CT molecular complexity index is 410. The van der Waals surface area contributed by atoms with E-state index in [0.29, 0.717) is 5.92 Å². The van der Waals surface area contributed by atoms with Crippen LogP contribution in [0.15, 0.2) is 49.1 Å². The van der Waals surface area contributed by atoms with Crippen LogP contribution in [0.4, 0.5) is 0 Å². The minimum Gasteiger partial charge on any atom is -0.103 e. The van der Waals surface area contributed by atoms with Crippen LogP contribution < -0.4 is 0 Å². The van der Waals surface area contributed by atoms with Crippen molar-refractivity contribution in [1.29, 1.82) is 0 Å². The lowest BCUT2D eigenvalue weighted by atomic mass is 9.72. The van der Waals surface area contributed by atoms with Gasteiger partial charge >= 0.3 is 0 Å². The number of rotatable bonds is 6. The molecule has 0 aliphatic heterocycles. The van der Waals surface area contributed by atoms with E-state index < -0.39 is 0 Å². The second-order valence-electron chi connectivity index (χ2n) is 5.49. The molecule has 0 spiro atoms. The molecule has 0 fully saturated rings. The molecule has 0 aromatic heterocycles. The van der Waals surface area contributed by atoms with E-state index >= 15 is 0 Å². The summed E-state index contributed by atoms with van der Waals surface area (Å²) in [6.07, 6.45) is 8.69. The molecule has 1 aromatic rings. The van der Waals surface area contributed by atoms with Gasteiger partial charge in [0.2, 0.25) is 0 Å². The van der Waals surface area contributed by atoms with Gasteiger partial charge in [0.1, 0.15) is 0 Å². The standard InChI is InChI=1S/C18H26/c1-6-8-9-12-16-13-10-11-14-17(16)18(4,5)15(3)7-2/h7-11,13-15H,2,6,12H2,1,3-5H3/b9-8-. The van der Waals surface area contributed by atoms with Crippen LogP contribution in [0.25, 0.3) is 0 Å². The summed E-state index contributed by atoms with van der Waals surface area (Å²) in [7, 11) is 0. The van der Waals surface area contributed by atoms with Gasteiger partial charge in [-0.05, 0) is 35.3 Å². The molecule has 0 N–H and O–H groups in total. The molecule has 0 saturated heterocycles. The monoisotopic (exact) mass is 242 g/mol. The molecule has 0 nitrogen and oxygen atoms in total. The van der Waals surface area contributed by atoms with Crippen molar-refractivity contribution < 1.29 is 0 Å². The fourth-order valence-corrected chi connectivity index (χ4v) is 2.24. The normalized spacial score (nSPS) is 13.8. The fraction of sp³-hybridized carbons (Fsp3) is 0.444. The summed E-state index contributed by atoms with van der Waals surface area (Å²) < 4.78 is 0. The Labute approximate surface area is 112 Å². The average Bonchev–Trinajstić information content (AvgIpc) is 2.38. The third-order valence-electron chi connectivity index (χ3n) is 3.94. The summed E-state index contributed by atoms with van der Waals surface area (Å²) in [6.45, 7) is 13.0. The lowest BCUT2D eigenvalue weighted by molar-refractivity contribution is 0.407. The van der Waals surface area contributed by atoms with Crippen molar-refractivity contribution in [3.8, 4) is 0 Å². The smallest absolute Gasteiger partial charge is 0.00407 e. The van der Waals surface area contributed by atoms with Gasteiger partial charge in [0.05, 0.1) is 0 Å². The first kappa shape index (κ1) is 14.8. The molecular weight excluding hydrogens is 216 g/mol. The molecule has 0 radical (unpaired) electrons. The molecule has 0 heterocycles. The zero-order valence-corrected chi connectivity index (χ0v) is 12.2. The predicted molar refractivity (Wildman–Crippen MR) is 82.0 cm³/mol. The summed E-state index contributed by atoms with van der Waals surface area (Å²) in [4.78, 5) is 0. The van der Waals surface area contributed by atoms with Crippen LogP contribution in [0.1, 0.15) is 45.2 Å². The van der Waals surface area contributed by atoms with E-state index in [4.69, 9.17) is 0 Å². The maximum absolute atomic E-state index is 3.94. The molecular formula is C18H26. The summed E-state index contributed by atoms with van der Waals surface area (Å²) in [5, 5.41) is 0. The van der Waals surface area contributed by atoms with Crippen molar-refractivity contribution in [2.75, 3.05) is 0 Å². The van der Waals surface area contributed by atoms with Gasteiger partial charge in [-0.3, -0.25) is 0 Å². The maximum Gasteiger partial charge on any atom is -0.00407 e. The summed E-state index contributed by atoms with van der Waals surface area (Å²) in [5.74, 6) is 0.466. The second-order valence-corrected chi connectivity index (χ2v) is 5.49. The fourth-order valence-electron chi connectivity index (χ4n) is 2.24. The van der Waals surface area contributed by atoms with Crippen LogP contribution in [0.5, 0.6) is 0 Å². The highest BCUT2D eigenvalue weighted by Crippen LogP contribution is 2.34. The third-order valence-corrected chi connectivity index (χ3v) is 3.94. The predicted octanol–water partition coefficient (Wildman–Crippen LogP) is 5.30. The molecule has 1 rings (SSSR count). The first-order valence-electron chi connectivity index (χ1n) is 6.90.